The summed E-state index contributed by atoms with van der Waals surface area (Å²) in [7, 11) is -3.11. The van der Waals surface area contributed by atoms with Gasteiger partial charge in [-0.2, -0.15) is 0 Å². The van der Waals surface area contributed by atoms with Crippen LogP contribution in [0.4, 0.5) is 0 Å². The fourth-order valence-corrected chi connectivity index (χ4v) is 3.06. The van der Waals surface area contributed by atoms with Gasteiger partial charge in [0, 0.05) is 17.7 Å². The van der Waals surface area contributed by atoms with Crippen LogP contribution in [-0.4, -0.2) is 67.3 Å². The van der Waals surface area contributed by atoms with Gasteiger partial charge in [0.25, 0.3) is 0 Å². The number of rotatable bonds is 8. The molecule has 1 heterocycles. The van der Waals surface area contributed by atoms with E-state index in [1.54, 1.807) is 0 Å². The van der Waals surface area contributed by atoms with Crippen LogP contribution in [0, 0.1) is 0 Å². The maximum absolute atomic E-state index is 8.44. The zero-order valence-electron chi connectivity index (χ0n) is 15.2. The highest BCUT2D eigenvalue weighted by atomic mass is 35.5. The van der Waals surface area contributed by atoms with Crippen LogP contribution in [-0.2, 0) is 24.8 Å². The summed E-state index contributed by atoms with van der Waals surface area (Å²) >= 11 is 6.44. The van der Waals surface area contributed by atoms with Crippen molar-refractivity contribution in [1.29, 1.82) is 0 Å². The third-order valence-corrected chi connectivity index (χ3v) is 4.59. The van der Waals surface area contributed by atoms with Crippen LogP contribution in [0.5, 0.6) is 0 Å². The number of ether oxygens (including phenoxy) is 3. The minimum atomic E-state index is -3.11. The first kappa shape index (κ1) is 23.8. The molecule has 7 nitrogen and oxygen atoms in total. The predicted octanol–water partition coefficient (Wildman–Crippen LogP) is 2.23. The van der Waals surface area contributed by atoms with E-state index < -0.39 is 10.6 Å². The van der Waals surface area contributed by atoms with Crippen molar-refractivity contribution >= 4 is 22.4 Å². The van der Waals surface area contributed by atoms with Gasteiger partial charge in [0.1, 0.15) is 0 Å². The van der Waals surface area contributed by atoms with Crippen LogP contribution < -0.4 is 0 Å². The topological polar surface area (TPSA) is 82.1 Å². The maximum atomic E-state index is 8.44. The molecule has 0 N–H and O–H groups in total. The Morgan fingerprint density at radius 2 is 1.38 bits per heavy atom. The highest BCUT2D eigenvalue weighted by Gasteiger charge is 2.45. The van der Waals surface area contributed by atoms with E-state index in [9.17, 15) is 0 Å². The van der Waals surface area contributed by atoms with Crippen LogP contribution >= 0.6 is 11.8 Å². The fraction of sp³-hybridized carbons (Fsp3) is 1.00. The Bertz CT molecular complexity index is 429. The molecule has 0 aromatic carbocycles. The van der Waals surface area contributed by atoms with Gasteiger partial charge < -0.3 is 14.2 Å². The van der Waals surface area contributed by atoms with Crippen LogP contribution in [0.25, 0.3) is 0 Å². The quantitative estimate of drug-likeness (QED) is 0.466. The van der Waals surface area contributed by atoms with Crippen LogP contribution in [0.2, 0.25) is 0 Å². The molecule has 0 bridgehead atoms. The number of halogens is 1. The van der Waals surface area contributed by atoms with Crippen LogP contribution in [0.3, 0.4) is 0 Å². The summed E-state index contributed by atoms with van der Waals surface area (Å²) in [5, 5.41) is 0. The maximum Gasteiger partial charge on any atom is 0.425 e. The average molecular weight is 388 g/mol. The molecule has 1 aliphatic rings. The van der Waals surface area contributed by atoms with Crippen LogP contribution in [0.1, 0.15) is 47.5 Å². The lowest BCUT2D eigenvalue weighted by molar-refractivity contribution is -0.0778. The van der Waals surface area contributed by atoms with E-state index >= 15 is 0 Å². The van der Waals surface area contributed by atoms with Gasteiger partial charge in [-0.15, -0.1) is 12.6 Å². The summed E-state index contributed by atoms with van der Waals surface area (Å²) in [5.41, 5.74) is -0.104. The van der Waals surface area contributed by atoms with Gasteiger partial charge in [-0.3, -0.25) is 0 Å². The van der Waals surface area contributed by atoms with Crippen molar-refractivity contribution in [3.63, 3.8) is 0 Å². The molecule has 0 aromatic heterocycles. The highest BCUT2D eigenvalue weighted by Crippen LogP contribution is 2.40. The largest absolute Gasteiger partial charge is 0.425 e. The van der Waals surface area contributed by atoms with E-state index in [0.29, 0.717) is 26.4 Å². The second-order valence-electron chi connectivity index (χ2n) is 6.82. The Morgan fingerprint density at radius 3 is 1.83 bits per heavy atom. The zero-order chi connectivity index (χ0) is 18.8. The van der Waals surface area contributed by atoms with Gasteiger partial charge in [-0.05, 0) is 59.2 Å². The molecule has 0 unspecified atom stereocenters. The molecule has 0 atom stereocenters. The molecule has 9 heteroatoms. The van der Waals surface area contributed by atoms with E-state index in [-0.39, 0.29) is 17.2 Å². The molecule has 0 aliphatic carbocycles. The standard InChI is InChI=1S/C15H30ClNO3.O3S/c1-6-18-7-8-19-9-10-20-13-11-14(2,3)17(16)15(4,5)12-13;1-4(2)3/h13H,6-12H2,1-5H3;. The minimum Gasteiger partial charge on any atom is -0.379 e. The second kappa shape index (κ2) is 11.4. The van der Waals surface area contributed by atoms with Crippen molar-refractivity contribution in [3.8, 4) is 0 Å². The molecule has 0 radical (unpaired) electrons. The first-order valence-corrected chi connectivity index (χ1v) is 9.36. The van der Waals surface area contributed by atoms with E-state index in [2.05, 4.69) is 27.7 Å². The van der Waals surface area contributed by atoms with Crippen LogP contribution in [0.15, 0.2) is 0 Å². The lowest BCUT2D eigenvalue weighted by Gasteiger charge is -2.51. The molecule has 1 aliphatic heterocycles. The van der Waals surface area contributed by atoms with Crippen molar-refractivity contribution in [2.45, 2.75) is 64.6 Å². The summed E-state index contributed by atoms with van der Waals surface area (Å²) in [6.45, 7) is 13.9. The van der Waals surface area contributed by atoms with Gasteiger partial charge in [0.05, 0.1) is 32.5 Å². The minimum absolute atomic E-state index is 0.0518. The van der Waals surface area contributed by atoms with Gasteiger partial charge in [0.2, 0.25) is 0 Å². The van der Waals surface area contributed by atoms with Crippen molar-refractivity contribution in [3.05, 3.63) is 0 Å². The van der Waals surface area contributed by atoms with Gasteiger partial charge >= 0.3 is 10.6 Å². The number of piperidine rings is 1. The normalized spacial score (nSPS) is 20.2. The Balaban J connectivity index is 0.00000118. The summed E-state index contributed by atoms with van der Waals surface area (Å²) in [4.78, 5) is 0. The SMILES string of the molecule is CCOCCOCCOC1CC(C)(C)N(Cl)C(C)(C)C1.O=S(=O)=O. The molecule has 0 aromatic rings. The Morgan fingerprint density at radius 1 is 0.958 bits per heavy atom. The van der Waals surface area contributed by atoms with Crippen molar-refractivity contribution in [1.82, 2.24) is 4.42 Å². The first-order valence-electron chi connectivity index (χ1n) is 8.03. The number of hydrogen-bond donors (Lipinski definition) is 0. The van der Waals surface area contributed by atoms with E-state index in [4.69, 9.17) is 38.6 Å². The number of hydrogen-bond acceptors (Lipinski definition) is 7. The monoisotopic (exact) mass is 387 g/mol. The third kappa shape index (κ3) is 9.90. The Hall–Kier alpha value is -0.250. The zero-order valence-corrected chi connectivity index (χ0v) is 16.8. The molecule has 1 saturated heterocycles. The third-order valence-electron chi connectivity index (χ3n) is 3.67. The number of nitrogens with zero attached hydrogens (tertiary/aromatic N) is 1. The van der Waals surface area contributed by atoms with Crippen molar-refractivity contribution in [2.24, 2.45) is 0 Å². The smallest absolute Gasteiger partial charge is 0.379 e. The molecule has 0 saturated carbocycles. The Kier molecular flexibility index (Phi) is 11.3. The summed E-state index contributed by atoms with van der Waals surface area (Å²) in [6.07, 6.45) is 2.13. The van der Waals surface area contributed by atoms with Gasteiger partial charge in [-0.25, -0.2) is 4.42 Å². The highest BCUT2D eigenvalue weighted by molar-refractivity contribution is 7.59. The van der Waals surface area contributed by atoms with Crippen molar-refractivity contribution in [2.75, 3.05) is 33.0 Å². The molecular weight excluding hydrogens is 358 g/mol. The predicted molar refractivity (Wildman–Crippen MR) is 91.8 cm³/mol. The molecule has 0 spiro atoms. The van der Waals surface area contributed by atoms with E-state index in [1.807, 2.05) is 11.3 Å². The summed E-state index contributed by atoms with van der Waals surface area (Å²) in [6, 6.07) is 0. The Labute approximate surface area is 151 Å². The summed E-state index contributed by atoms with van der Waals surface area (Å²) < 4.78 is 43.9. The van der Waals surface area contributed by atoms with Crippen molar-refractivity contribution < 1.29 is 26.8 Å². The molecule has 0 amide bonds. The molecule has 24 heavy (non-hydrogen) atoms. The van der Waals surface area contributed by atoms with Gasteiger partial charge in [0.15, 0.2) is 0 Å². The molecular formula is C15H30ClNO6S. The average Bonchev–Trinajstić information content (AvgIpc) is 2.42. The lowest BCUT2D eigenvalue weighted by Crippen LogP contribution is -2.57. The molecule has 1 fully saturated rings. The molecule has 1 rings (SSSR count). The lowest BCUT2D eigenvalue weighted by atomic mass is 9.81. The van der Waals surface area contributed by atoms with Gasteiger partial charge in [-0.1, -0.05) is 0 Å². The van der Waals surface area contributed by atoms with E-state index in [0.717, 1.165) is 19.4 Å². The van der Waals surface area contributed by atoms with E-state index in [1.165, 1.54) is 0 Å². The second-order valence-corrected chi connectivity index (χ2v) is 7.57. The first-order chi connectivity index (χ1) is 11.0. The summed E-state index contributed by atoms with van der Waals surface area (Å²) in [5.74, 6) is 0. The molecule has 144 valence electrons. The fourth-order valence-electron chi connectivity index (χ4n) is 2.92.